The minimum Gasteiger partial charge on any atom is -0.349 e. The van der Waals surface area contributed by atoms with E-state index in [1.165, 1.54) is 0 Å². The van der Waals surface area contributed by atoms with Gasteiger partial charge in [0.05, 0.1) is 6.04 Å². The fourth-order valence-corrected chi connectivity index (χ4v) is 1.52. The number of carbonyl (C=O) groups excluding carboxylic acids is 1. The largest absolute Gasteiger partial charge is 0.349 e. The first-order valence-corrected chi connectivity index (χ1v) is 5.68. The Balaban J connectivity index is 2.65. The molecule has 0 bridgehead atoms. The van der Waals surface area contributed by atoms with Crippen molar-refractivity contribution in [3.63, 3.8) is 0 Å². The Kier molecular flexibility index (Phi) is 4.77. The molecule has 0 radical (unpaired) electrons. The number of benzene rings is 1. The van der Waals surface area contributed by atoms with Crippen molar-refractivity contribution in [2.24, 2.45) is 11.7 Å². The number of amides is 1. The lowest BCUT2D eigenvalue weighted by Crippen LogP contribution is -2.34. The molecule has 2 unspecified atom stereocenters. The summed E-state index contributed by atoms with van der Waals surface area (Å²) in [5, 5.41) is 3.57. The van der Waals surface area contributed by atoms with E-state index in [9.17, 15) is 4.79 Å². The van der Waals surface area contributed by atoms with Gasteiger partial charge in [-0.05, 0) is 24.6 Å². The normalized spacial score (nSPS) is 14.2. The summed E-state index contributed by atoms with van der Waals surface area (Å²) in [5.74, 6) is -0.198. The molecule has 3 nitrogen and oxygen atoms in total. The van der Waals surface area contributed by atoms with E-state index in [4.69, 9.17) is 17.3 Å². The fourth-order valence-electron chi connectivity index (χ4n) is 1.32. The highest BCUT2D eigenvalue weighted by atomic mass is 35.5. The number of carbonyl (C=O) groups is 1. The van der Waals surface area contributed by atoms with Gasteiger partial charge >= 0.3 is 0 Å². The van der Waals surface area contributed by atoms with E-state index in [2.05, 4.69) is 5.32 Å². The van der Waals surface area contributed by atoms with Gasteiger partial charge in [-0.1, -0.05) is 30.7 Å². The number of nitrogens with two attached hydrogens (primary N) is 1. The van der Waals surface area contributed by atoms with Crippen LogP contribution in [-0.2, 0) is 4.79 Å². The van der Waals surface area contributed by atoms with Crippen LogP contribution in [0.4, 0.5) is 0 Å². The van der Waals surface area contributed by atoms with E-state index in [0.29, 0.717) is 11.6 Å². The Hall–Kier alpha value is -1.06. The molecule has 1 rings (SSSR count). The van der Waals surface area contributed by atoms with Gasteiger partial charge in [-0.15, -0.1) is 0 Å². The lowest BCUT2D eigenvalue weighted by molar-refractivity contribution is -0.124. The van der Waals surface area contributed by atoms with E-state index >= 15 is 0 Å². The van der Waals surface area contributed by atoms with Crippen LogP contribution in [0, 0.1) is 5.92 Å². The molecular formula is C12H17ClN2O. The second-order valence-electron chi connectivity index (χ2n) is 3.92. The SMILES string of the molecule is CC(CN)C(=O)NC(C)c1cccc(Cl)c1. The molecular weight excluding hydrogens is 224 g/mol. The summed E-state index contributed by atoms with van der Waals surface area (Å²) < 4.78 is 0. The van der Waals surface area contributed by atoms with Gasteiger partial charge in [-0.3, -0.25) is 4.79 Å². The monoisotopic (exact) mass is 240 g/mol. The maximum Gasteiger partial charge on any atom is 0.224 e. The Morgan fingerprint density at radius 3 is 2.75 bits per heavy atom. The van der Waals surface area contributed by atoms with Crippen LogP contribution in [0.5, 0.6) is 0 Å². The summed E-state index contributed by atoms with van der Waals surface area (Å²) in [4.78, 5) is 11.6. The topological polar surface area (TPSA) is 55.1 Å². The Morgan fingerprint density at radius 1 is 1.50 bits per heavy atom. The molecule has 0 aliphatic carbocycles. The zero-order valence-electron chi connectivity index (χ0n) is 9.53. The Labute approximate surface area is 101 Å². The summed E-state index contributed by atoms with van der Waals surface area (Å²) in [6.45, 7) is 4.08. The zero-order chi connectivity index (χ0) is 12.1. The highest BCUT2D eigenvalue weighted by Crippen LogP contribution is 2.17. The van der Waals surface area contributed by atoms with Crippen molar-refractivity contribution in [1.29, 1.82) is 0 Å². The maximum absolute atomic E-state index is 11.6. The predicted molar refractivity (Wildman–Crippen MR) is 66.2 cm³/mol. The molecule has 1 amide bonds. The molecule has 1 aromatic carbocycles. The summed E-state index contributed by atoms with van der Waals surface area (Å²) in [6.07, 6.45) is 0. The van der Waals surface area contributed by atoms with Crippen molar-refractivity contribution in [3.05, 3.63) is 34.9 Å². The Morgan fingerprint density at radius 2 is 2.19 bits per heavy atom. The highest BCUT2D eigenvalue weighted by Gasteiger charge is 2.14. The molecule has 0 fully saturated rings. The second kappa shape index (κ2) is 5.87. The molecule has 0 saturated heterocycles. The molecule has 2 atom stereocenters. The molecule has 3 N–H and O–H groups in total. The molecule has 88 valence electrons. The van der Waals surface area contributed by atoms with Crippen LogP contribution in [0.2, 0.25) is 5.02 Å². The third-order valence-corrected chi connectivity index (χ3v) is 2.74. The quantitative estimate of drug-likeness (QED) is 0.847. The zero-order valence-corrected chi connectivity index (χ0v) is 10.3. The van der Waals surface area contributed by atoms with E-state index in [1.54, 1.807) is 6.92 Å². The summed E-state index contributed by atoms with van der Waals surface area (Å²) in [7, 11) is 0. The molecule has 16 heavy (non-hydrogen) atoms. The minimum absolute atomic E-state index is 0.0324. The van der Waals surface area contributed by atoms with Crippen molar-refractivity contribution in [3.8, 4) is 0 Å². The number of hydrogen-bond donors (Lipinski definition) is 2. The van der Waals surface area contributed by atoms with Gasteiger partial charge in [0.15, 0.2) is 0 Å². The molecule has 0 spiro atoms. The summed E-state index contributed by atoms with van der Waals surface area (Å²) >= 11 is 5.88. The van der Waals surface area contributed by atoms with Gasteiger partial charge in [0, 0.05) is 17.5 Å². The van der Waals surface area contributed by atoms with Crippen molar-refractivity contribution in [2.45, 2.75) is 19.9 Å². The number of nitrogens with one attached hydrogen (secondary N) is 1. The van der Waals surface area contributed by atoms with Crippen molar-refractivity contribution in [1.82, 2.24) is 5.32 Å². The minimum atomic E-state index is -0.165. The van der Waals surface area contributed by atoms with Crippen molar-refractivity contribution >= 4 is 17.5 Å². The van der Waals surface area contributed by atoms with Gasteiger partial charge < -0.3 is 11.1 Å². The van der Waals surface area contributed by atoms with Gasteiger partial charge in [-0.25, -0.2) is 0 Å². The Bertz CT molecular complexity index is 368. The van der Waals surface area contributed by atoms with E-state index in [1.807, 2.05) is 31.2 Å². The lowest BCUT2D eigenvalue weighted by atomic mass is 10.1. The third-order valence-electron chi connectivity index (χ3n) is 2.51. The average Bonchev–Trinajstić information content (AvgIpc) is 2.27. The molecule has 1 aromatic rings. The number of hydrogen-bond acceptors (Lipinski definition) is 2. The third kappa shape index (κ3) is 3.51. The van der Waals surface area contributed by atoms with E-state index in [0.717, 1.165) is 5.56 Å². The van der Waals surface area contributed by atoms with Crippen LogP contribution < -0.4 is 11.1 Å². The first-order valence-electron chi connectivity index (χ1n) is 5.30. The van der Waals surface area contributed by atoms with Crippen LogP contribution in [0.25, 0.3) is 0 Å². The predicted octanol–water partition coefficient (Wildman–Crippen LogP) is 2.11. The first-order chi connectivity index (χ1) is 7.54. The summed E-state index contributed by atoms with van der Waals surface area (Å²) in [5.41, 5.74) is 6.42. The van der Waals surface area contributed by atoms with Crippen LogP contribution in [0.3, 0.4) is 0 Å². The fraction of sp³-hybridized carbons (Fsp3) is 0.417. The smallest absolute Gasteiger partial charge is 0.224 e. The maximum atomic E-state index is 11.6. The van der Waals surface area contributed by atoms with Gasteiger partial charge in [-0.2, -0.15) is 0 Å². The standard InChI is InChI=1S/C12H17ClN2O/c1-8(7-14)12(16)15-9(2)10-4-3-5-11(13)6-10/h3-6,8-9H,7,14H2,1-2H3,(H,15,16). The van der Waals surface area contributed by atoms with Crippen LogP contribution >= 0.6 is 11.6 Å². The molecule has 0 aliphatic rings. The van der Waals surface area contributed by atoms with Crippen molar-refractivity contribution < 1.29 is 4.79 Å². The molecule has 4 heteroatoms. The second-order valence-corrected chi connectivity index (χ2v) is 4.36. The van der Waals surface area contributed by atoms with Crippen molar-refractivity contribution in [2.75, 3.05) is 6.54 Å². The van der Waals surface area contributed by atoms with Gasteiger partial charge in [0.2, 0.25) is 5.91 Å². The number of rotatable bonds is 4. The lowest BCUT2D eigenvalue weighted by Gasteiger charge is -2.17. The molecule has 0 aromatic heterocycles. The molecule has 0 saturated carbocycles. The van der Waals surface area contributed by atoms with E-state index in [-0.39, 0.29) is 17.9 Å². The summed E-state index contributed by atoms with van der Waals surface area (Å²) in [6, 6.07) is 7.40. The number of halogens is 1. The average molecular weight is 241 g/mol. The van der Waals surface area contributed by atoms with Gasteiger partial charge in [0.25, 0.3) is 0 Å². The molecule has 0 aliphatic heterocycles. The van der Waals surface area contributed by atoms with E-state index < -0.39 is 0 Å². The van der Waals surface area contributed by atoms with Gasteiger partial charge in [0.1, 0.15) is 0 Å². The van der Waals surface area contributed by atoms with Crippen LogP contribution in [0.15, 0.2) is 24.3 Å². The van der Waals surface area contributed by atoms with Crippen LogP contribution in [-0.4, -0.2) is 12.5 Å². The molecule has 0 heterocycles. The van der Waals surface area contributed by atoms with Crippen LogP contribution in [0.1, 0.15) is 25.5 Å². The highest BCUT2D eigenvalue weighted by molar-refractivity contribution is 6.30. The first kappa shape index (κ1) is 13.0.